The number of hydrogen-bond acceptors (Lipinski definition) is 2. The third kappa shape index (κ3) is 1.76. The van der Waals surface area contributed by atoms with Gasteiger partial charge in [0.25, 0.3) is 0 Å². The summed E-state index contributed by atoms with van der Waals surface area (Å²) < 4.78 is 34.8. The van der Waals surface area contributed by atoms with Gasteiger partial charge in [0.15, 0.2) is 15.7 Å². The van der Waals surface area contributed by atoms with Gasteiger partial charge < -0.3 is 0 Å². The van der Waals surface area contributed by atoms with Gasteiger partial charge in [0, 0.05) is 6.26 Å². The monoisotopic (exact) mass is 208 g/mol. The van der Waals surface area contributed by atoms with Crippen LogP contribution in [0.15, 0.2) is 23.1 Å². The Morgan fingerprint density at radius 3 is 2.42 bits per heavy atom. The van der Waals surface area contributed by atoms with Crippen LogP contribution in [0.2, 0.25) is 5.02 Å². The van der Waals surface area contributed by atoms with E-state index in [4.69, 9.17) is 11.6 Å². The average Bonchev–Trinajstić information content (AvgIpc) is 1.92. The fourth-order valence-electron chi connectivity index (χ4n) is 0.770. The molecule has 0 N–H and O–H groups in total. The Bertz CT molecular complexity index is 400. The highest BCUT2D eigenvalue weighted by molar-refractivity contribution is 7.90. The second kappa shape index (κ2) is 3.03. The Balaban J connectivity index is 3.47. The molecular weight excluding hydrogens is 203 g/mol. The topological polar surface area (TPSA) is 34.1 Å². The molecule has 0 saturated heterocycles. The lowest BCUT2D eigenvalue weighted by atomic mass is 10.3. The summed E-state index contributed by atoms with van der Waals surface area (Å²) in [4.78, 5) is -0.366. The molecule has 0 unspecified atom stereocenters. The normalized spacial score (nSPS) is 11.6. The lowest BCUT2D eigenvalue weighted by Crippen LogP contribution is -2.00. The van der Waals surface area contributed by atoms with Gasteiger partial charge in [-0.3, -0.25) is 0 Å². The number of hydrogen-bond donors (Lipinski definition) is 0. The molecule has 66 valence electrons. The van der Waals surface area contributed by atoms with E-state index >= 15 is 0 Å². The Morgan fingerprint density at radius 1 is 1.42 bits per heavy atom. The largest absolute Gasteiger partial charge is 0.224 e. The smallest absolute Gasteiger partial charge is 0.178 e. The van der Waals surface area contributed by atoms with Gasteiger partial charge in [0.2, 0.25) is 0 Å². The van der Waals surface area contributed by atoms with Crippen LogP contribution in [0.4, 0.5) is 4.39 Å². The van der Waals surface area contributed by atoms with Gasteiger partial charge in [0.05, 0.1) is 5.02 Å². The minimum absolute atomic E-state index is 0.182. The van der Waals surface area contributed by atoms with Crippen molar-refractivity contribution in [2.45, 2.75) is 4.90 Å². The van der Waals surface area contributed by atoms with Crippen LogP contribution in [0, 0.1) is 5.82 Å². The van der Waals surface area contributed by atoms with Crippen molar-refractivity contribution in [3.63, 3.8) is 0 Å². The van der Waals surface area contributed by atoms with Gasteiger partial charge in [-0.05, 0) is 12.1 Å². The quantitative estimate of drug-likeness (QED) is 0.706. The molecule has 2 nitrogen and oxygen atoms in total. The van der Waals surface area contributed by atoms with Crippen molar-refractivity contribution in [3.8, 4) is 0 Å². The molecule has 5 heteroatoms. The zero-order valence-corrected chi connectivity index (χ0v) is 7.79. The second-order valence-electron chi connectivity index (χ2n) is 2.32. The Labute approximate surface area is 74.9 Å². The molecule has 0 spiro atoms. The molecule has 0 radical (unpaired) electrons. The van der Waals surface area contributed by atoms with Crippen molar-refractivity contribution in [1.82, 2.24) is 0 Å². The van der Waals surface area contributed by atoms with Crippen molar-refractivity contribution >= 4 is 21.4 Å². The standard InChI is InChI=1S/C7H6ClFO2S/c1-12(10,11)6-4-2-3-5(8)7(6)9/h2-4H,1H3. The minimum atomic E-state index is -3.52. The van der Waals surface area contributed by atoms with Crippen molar-refractivity contribution in [3.05, 3.63) is 29.0 Å². The highest BCUT2D eigenvalue weighted by Crippen LogP contribution is 2.21. The maximum Gasteiger partial charge on any atom is 0.178 e. The molecule has 0 heterocycles. The van der Waals surface area contributed by atoms with E-state index in [1.165, 1.54) is 18.2 Å². The van der Waals surface area contributed by atoms with Crippen LogP contribution in [0.3, 0.4) is 0 Å². The first kappa shape index (κ1) is 9.48. The Kier molecular flexibility index (Phi) is 2.39. The van der Waals surface area contributed by atoms with Crippen molar-refractivity contribution in [2.24, 2.45) is 0 Å². The molecular formula is C7H6ClFO2S. The van der Waals surface area contributed by atoms with E-state index < -0.39 is 15.7 Å². The summed E-state index contributed by atoms with van der Waals surface area (Å²) in [6, 6.07) is 3.86. The molecule has 1 aromatic rings. The zero-order valence-electron chi connectivity index (χ0n) is 6.21. The fraction of sp³-hybridized carbons (Fsp3) is 0.143. The van der Waals surface area contributed by atoms with Gasteiger partial charge in [0.1, 0.15) is 4.90 Å². The van der Waals surface area contributed by atoms with Crippen molar-refractivity contribution < 1.29 is 12.8 Å². The van der Waals surface area contributed by atoms with E-state index in [1.807, 2.05) is 0 Å². The van der Waals surface area contributed by atoms with E-state index in [0.29, 0.717) is 0 Å². The van der Waals surface area contributed by atoms with E-state index in [1.54, 1.807) is 0 Å². The molecule has 1 rings (SSSR count). The molecule has 0 aromatic heterocycles. The highest BCUT2D eigenvalue weighted by atomic mass is 35.5. The molecule has 0 amide bonds. The average molecular weight is 209 g/mol. The van der Waals surface area contributed by atoms with E-state index in [9.17, 15) is 12.8 Å². The fourth-order valence-corrected chi connectivity index (χ4v) is 1.76. The summed E-state index contributed by atoms with van der Waals surface area (Å²) in [6.07, 6.45) is 0.932. The molecule has 1 aromatic carbocycles. The molecule has 0 fully saturated rings. The number of rotatable bonds is 1. The maximum absolute atomic E-state index is 13.0. The summed E-state index contributed by atoms with van der Waals surface area (Å²) in [6.45, 7) is 0. The van der Waals surface area contributed by atoms with E-state index in [2.05, 4.69) is 0 Å². The van der Waals surface area contributed by atoms with Crippen LogP contribution in [-0.4, -0.2) is 14.7 Å². The van der Waals surface area contributed by atoms with E-state index in [-0.39, 0.29) is 9.92 Å². The first-order chi connectivity index (χ1) is 5.43. The Morgan fingerprint density at radius 2 is 2.00 bits per heavy atom. The number of halogens is 2. The summed E-state index contributed by atoms with van der Waals surface area (Å²) in [5.74, 6) is -0.887. The summed E-state index contributed by atoms with van der Waals surface area (Å²) in [5, 5.41) is -0.182. The predicted molar refractivity (Wildman–Crippen MR) is 44.5 cm³/mol. The van der Waals surface area contributed by atoms with Gasteiger partial charge >= 0.3 is 0 Å². The predicted octanol–water partition coefficient (Wildman–Crippen LogP) is 1.88. The first-order valence-electron chi connectivity index (χ1n) is 3.07. The molecule has 0 atom stereocenters. The summed E-state index contributed by atoms with van der Waals surface area (Å²) in [5.41, 5.74) is 0. The van der Waals surface area contributed by atoms with Gasteiger partial charge in [-0.25, -0.2) is 12.8 Å². The summed E-state index contributed by atoms with van der Waals surface area (Å²) >= 11 is 5.38. The molecule has 0 aliphatic heterocycles. The first-order valence-corrected chi connectivity index (χ1v) is 5.34. The van der Waals surface area contributed by atoms with Crippen LogP contribution in [0.5, 0.6) is 0 Å². The Hall–Kier alpha value is -0.610. The van der Waals surface area contributed by atoms with Crippen LogP contribution in [0.1, 0.15) is 0 Å². The van der Waals surface area contributed by atoms with E-state index in [0.717, 1.165) is 6.26 Å². The second-order valence-corrected chi connectivity index (χ2v) is 4.72. The zero-order chi connectivity index (χ0) is 9.35. The SMILES string of the molecule is CS(=O)(=O)c1cccc(Cl)c1F. The minimum Gasteiger partial charge on any atom is -0.224 e. The summed E-state index contributed by atoms with van der Waals surface area (Å²) in [7, 11) is -3.52. The van der Waals surface area contributed by atoms with Crippen LogP contribution in [-0.2, 0) is 9.84 Å². The lowest BCUT2D eigenvalue weighted by molar-refractivity contribution is 0.571. The molecule has 0 aliphatic carbocycles. The number of benzene rings is 1. The molecule has 12 heavy (non-hydrogen) atoms. The van der Waals surface area contributed by atoms with Crippen molar-refractivity contribution in [1.29, 1.82) is 0 Å². The highest BCUT2D eigenvalue weighted by Gasteiger charge is 2.14. The van der Waals surface area contributed by atoms with Crippen LogP contribution >= 0.6 is 11.6 Å². The van der Waals surface area contributed by atoms with Crippen LogP contribution in [0.25, 0.3) is 0 Å². The number of sulfone groups is 1. The third-order valence-corrected chi connectivity index (χ3v) is 2.72. The van der Waals surface area contributed by atoms with Gasteiger partial charge in [-0.1, -0.05) is 17.7 Å². The maximum atomic E-state index is 13.0. The molecule has 0 bridgehead atoms. The molecule has 0 aliphatic rings. The third-order valence-electron chi connectivity index (χ3n) is 1.32. The van der Waals surface area contributed by atoms with Crippen molar-refractivity contribution in [2.75, 3.05) is 6.26 Å². The van der Waals surface area contributed by atoms with Crippen LogP contribution < -0.4 is 0 Å². The molecule has 0 saturated carbocycles. The van der Waals surface area contributed by atoms with Gasteiger partial charge in [-0.2, -0.15) is 0 Å². The lowest BCUT2D eigenvalue weighted by Gasteiger charge is -2.00. The van der Waals surface area contributed by atoms with Gasteiger partial charge in [-0.15, -0.1) is 0 Å².